The first-order valence-electron chi connectivity index (χ1n) is 6.59. The van der Waals surface area contributed by atoms with Crippen LogP contribution < -0.4 is 4.90 Å². The maximum atomic E-state index is 11.1. The first-order chi connectivity index (χ1) is 9.74. The largest absolute Gasteiger partial charge is 0.481 e. The maximum absolute atomic E-state index is 11.1. The Morgan fingerprint density at radius 1 is 1.35 bits per heavy atom. The van der Waals surface area contributed by atoms with Gasteiger partial charge in [0, 0.05) is 13.1 Å². The van der Waals surface area contributed by atoms with Gasteiger partial charge in [-0.15, -0.1) is 10.2 Å². The minimum Gasteiger partial charge on any atom is -0.481 e. The van der Waals surface area contributed by atoms with Gasteiger partial charge >= 0.3 is 5.97 Å². The van der Waals surface area contributed by atoms with Crippen LogP contribution in [0.15, 0.2) is 34.9 Å². The minimum atomic E-state index is -0.741. The van der Waals surface area contributed by atoms with Crippen LogP contribution in [-0.4, -0.2) is 34.4 Å². The SMILES string of the molecule is O=C(O)[C@H]1CCCN(c2ccc(-c3ccco3)nn2)C1. The molecular weight excluding hydrogens is 258 g/mol. The summed E-state index contributed by atoms with van der Waals surface area (Å²) in [6.45, 7) is 1.31. The van der Waals surface area contributed by atoms with Crippen LogP contribution in [0, 0.1) is 5.92 Å². The number of nitrogens with zero attached hydrogens (tertiary/aromatic N) is 3. The summed E-state index contributed by atoms with van der Waals surface area (Å²) < 4.78 is 5.26. The van der Waals surface area contributed by atoms with Gasteiger partial charge in [0.2, 0.25) is 0 Å². The van der Waals surface area contributed by atoms with Gasteiger partial charge in [0.25, 0.3) is 0 Å². The Morgan fingerprint density at radius 3 is 2.90 bits per heavy atom. The van der Waals surface area contributed by atoms with Gasteiger partial charge in [-0.3, -0.25) is 4.79 Å². The molecule has 0 aliphatic carbocycles. The van der Waals surface area contributed by atoms with E-state index in [1.807, 2.05) is 23.1 Å². The lowest BCUT2D eigenvalue weighted by molar-refractivity contribution is -0.141. The number of carboxylic acid groups (broad SMARTS) is 1. The van der Waals surface area contributed by atoms with Crippen LogP contribution in [0.4, 0.5) is 5.82 Å². The number of carbonyl (C=O) groups is 1. The van der Waals surface area contributed by atoms with Gasteiger partial charge in [-0.2, -0.15) is 0 Å². The second-order valence-corrected chi connectivity index (χ2v) is 4.88. The molecule has 3 heterocycles. The molecule has 104 valence electrons. The van der Waals surface area contributed by atoms with Gasteiger partial charge in [-0.05, 0) is 37.1 Å². The van der Waals surface area contributed by atoms with Crippen molar-refractivity contribution in [2.75, 3.05) is 18.0 Å². The Bertz CT molecular complexity index is 580. The summed E-state index contributed by atoms with van der Waals surface area (Å²) in [6, 6.07) is 7.32. The van der Waals surface area contributed by atoms with Crippen molar-refractivity contribution >= 4 is 11.8 Å². The molecule has 2 aromatic heterocycles. The Hall–Kier alpha value is -2.37. The summed E-state index contributed by atoms with van der Waals surface area (Å²) in [4.78, 5) is 13.0. The molecule has 1 atom stereocenters. The lowest BCUT2D eigenvalue weighted by Gasteiger charge is -2.31. The van der Waals surface area contributed by atoms with Gasteiger partial charge < -0.3 is 14.4 Å². The van der Waals surface area contributed by atoms with Crippen LogP contribution in [0.25, 0.3) is 11.5 Å². The van der Waals surface area contributed by atoms with Crippen molar-refractivity contribution in [2.45, 2.75) is 12.8 Å². The number of furan rings is 1. The molecule has 6 nitrogen and oxygen atoms in total. The van der Waals surface area contributed by atoms with E-state index in [1.54, 1.807) is 12.3 Å². The average Bonchev–Trinajstić information content (AvgIpc) is 3.02. The molecule has 0 spiro atoms. The first-order valence-corrected chi connectivity index (χ1v) is 6.59. The van der Waals surface area contributed by atoms with Crippen molar-refractivity contribution in [2.24, 2.45) is 5.92 Å². The third kappa shape index (κ3) is 2.49. The highest BCUT2D eigenvalue weighted by atomic mass is 16.4. The molecule has 1 aliphatic rings. The molecule has 0 unspecified atom stereocenters. The van der Waals surface area contributed by atoms with Gasteiger partial charge in [0.1, 0.15) is 5.69 Å². The minimum absolute atomic E-state index is 0.324. The second-order valence-electron chi connectivity index (χ2n) is 4.88. The molecule has 20 heavy (non-hydrogen) atoms. The van der Waals surface area contributed by atoms with Crippen LogP contribution in [0.3, 0.4) is 0 Å². The highest BCUT2D eigenvalue weighted by molar-refractivity contribution is 5.71. The summed E-state index contributed by atoms with van der Waals surface area (Å²) in [7, 11) is 0. The Kier molecular flexibility index (Phi) is 3.37. The summed E-state index contributed by atoms with van der Waals surface area (Å²) in [6.07, 6.45) is 3.18. The van der Waals surface area contributed by atoms with Gasteiger partial charge in [-0.1, -0.05) is 0 Å². The maximum Gasteiger partial charge on any atom is 0.308 e. The van der Waals surface area contributed by atoms with Gasteiger partial charge in [0.05, 0.1) is 12.2 Å². The molecule has 0 saturated carbocycles. The summed E-state index contributed by atoms with van der Waals surface area (Å²) in [5.74, 6) is 0.322. The van der Waals surface area contributed by atoms with Crippen molar-refractivity contribution in [3.05, 3.63) is 30.5 Å². The number of piperidine rings is 1. The summed E-state index contributed by atoms with van der Waals surface area (Å²) >= 11 is 0. The van der Waals surface area contributed by atoms with Crippen LogP contribution in [-0.2, 0) is 4.79 Å². The Morgan fingerprint density at radius 2 is 2.25 bits per heavy atom. The quantitative estimate of drug-likeness (QED) is 0.921. The zero-order valence-corrected chi connectivity index (χ0v) is 10.9. The van der Waals surface area contributed by atoms with E-state index in [9.17, 15) is 4.79 Å². The van der Waals surface area contributed by atoms with E-state index in [4.69, 9.17) is 9.52 Å². The molecule has 2 aromatic rings. The lowest BCUT2D eigenvalue weighted by Crippen LogP contribution is -2.39. The zero-order valence-electron chi connectivity index (χ0n) is 10.9. The van der Waals surface area contributed by atoms with Crippen molar-refractivity contribution in [1.29, 1.82) is 0 Å². The Balaban J connectivity index is 1.76. The summed E-state index contributed by atoms with van der Waals surface area (Å²) in [5, 5.41) is 17.4. The monoisotopic (exact) mass is 273 g/mol. The van der Waals surface area contributed by atoms with Crippen LogP contribution in [0.2, 0.25) is 0 Å². The molecule has 0 amide bonds. The fraction of sp³-hybridized carbons (Fsp3) is 0.357. The molecule has 0 bridgehead atoms. The highest BCUT2D eigenvalue weighted by Crippen LogP contribution is 2.23. The standard InChI is InChI=1S/C14H15N3O3/c18-14(19)10-3-1-7-17(9-10)13-6-5-11(15-16-13)12-4-2-8-20-12/h2,4-6,8,10H,1,3,7,9H2,(H,18,19)/t10-/m0/s1. The lowest BCUT2D eigenvalue weighted by atomic mass is 9.98. The number of hydrogen-bond donors (Lipinski definition) is 1. The van der Waals surface area contributed by atoms with E-state index < -0.39 is 5.97 Å². The van der Waals surface area contributed by atoms with Gasteiger partial charge in [-0.25, -0.2) is 0 Å². The van der Waals surface area contributed by atoms with Crippen molar-refractivity contribution in [3.63, 3.8) is 0 Å². The zero-order chi connectivity index (χ0) is 13.9. The molecule has 1 N–H and O–H groups in total. The van der Waals surface area contributed by atoms with Crippen LogP contribution >= 0.6 is 0 Å². The van der Waals surface area contributed by atoms with Crippen LogP contribution in [0.5, 0.6) is 0 Å². The normalized spacial score (nSPS) is 19.0. The topological polar surface area (TPSA) is 79.5 Å². The number of carboxylic acids is 1. The fourth-order valence-corrected chi connectivity index (χ4v) is 2.44. The van der Waals surface area contributed by atoms with E-state index in [0.717, 1.165) is 19.4 Å². The van der Waals surface area contributed by atoms with Crippen molar-refractivity contribution in [3.8, 4) is 11.5 Å². The highest BCUT2D eigenvalue weighted by Gasteiger charge is 2.26. The van der Waals surface area contributed by atoms with E-state index in [1.165, 1.54) is 0 Å². The second kappa shape index (κ2) is 5.32. The molecule has 6 heteroatoms. The molecule has 1 fully saturated rings. The number of aliphatic carboxylic acids is 1. The number of rotatable bonds is 3. The van der Waals surface area contributed by atoms with E-state index in [0.29, 0.717) is 23.8 Å². The number of aromatic nitrogens is 2. The van der Waals surface area contributed by atoms with Crippen molar-refractivity contribution in [1.82, 2.24) is 10.2 Å². The Labute approximate surface area is 116 Å². The predicted molar refractivity (Wildman–Crippen MR) is 72.3 cm³/mol. The smallest absolute Gasteiger partial charge is 0.308 e. The predicted octanol–water partition coefficient (Wildman–Crippen LogP) is 2.04. The molecule has 1 saturated heterocycles. The van der Waals surface area contributed by atoms with E-state index in [2.05, 4.69) is 10.2 Å². The molecule has 1 aliphatic heterocycles. The van der Waals surface area contributed by atoms with E-state index in [-0.39, 0.29) is 5.92 Å². The van der Waals surface area contributed by atoms with Crippen molar-refractivity contribution < 1.29 is 14.3 Å². The molecule has 3 rings (SSSR count). The molecular formula is C14H15N3O3. The number of anilines is 1. The molecule has 0 radical (unpaired) electrons. The first kappa shape index (κ1) is 12.7. The van der Waals surface area contributed by atoms with E-state index >= 15 is 0 Å². The van der Waals surface area contributed by atoms with Gasteiger partial charge in [0.15, 0.2) is 11.6 Å². The number of hydrogen-bond acceptors (Lipinski definition) is 5. The third-order valence-electron chi connectivity index (χ3n) is 3.52. The molecule has 0 aromatic carbocycles. The average molecular weight is 273 g/mol. The fourth-order valence-electron chi connectivity index (χ4n) is 2.44. The summed E-state index contributed by atoms with van der Waals surface area (Å²) in [5.41, 5.74) is 0.672. The third-order valence-corrected chi connectivity index (χ3v) is 3.52. The van der Waals surface area contributed by atoms with Crippen LogP contribution in [0.1, 0.15) is 12.8 Å².